The summed E-state index contributed by atoms with van der Waals surface area (Å²) in [5.41, 5.74) is -0.335. The number of nitrogens with one attached hydrogen (secondary N) is 1. The maximum absolute atomic E-state index is 13.0. The monoisotopic (exact) mass is 448 g/mol. The second-order valence-corrected chi connectivity index (χ2v) is 7.94. The summed E-state index contributed by atoms with van der Waals surface area (Å²) in [5.74, 6) is 1.02. The molecule has 10 nitrogen and oxygen atoms in total. The van der Waals surface area contributed by atoms with Gasteiger partial charge in [0.05, 0.1) is 11.6 Å². The lowest BCUT2D eigenvalue weighted by molar-refractivity contribution is 0.0936. The quantitative estimate of drug-likeness (QED) is 0.544. The molecule has 2 aromatic heterocycles. The molecule has 166 valence electrons. The van der Waals surface area contributed by atoms with Crippen molar-refractivity contribution in [2.45, 2.75) is 12.6 Å². The normalized spacial score (nSPS) is 15.4. The van der Waals surface area contributed by atoms with Crippen LogP contribution in [0.3, 0.4) is 0 Å². The summed E-state index contributed by atoms with van der Waals surface area (Å²) in [6.07, 6.45) is -0.933. The maximum atomic E-state index is 13.0. The minimum absolute atomic E-state index is 0.0174. The first-order valence-corrected chi connectivity index (χ1v) is 10.4. The Morgan fingerprint density at radius 1 is 1.19 bits per heavy atom. The lowest BCUT2D eigenvalue weighted by Crippen LogP contribution is -2.45. The van der Waals surface area contributed by atoms with Gasteiger partial charge in [-0.15, -0.1) is 0 Å². The molecular weight excluding hydrogens is 424 g/mol. The van der Waals surface area contributed by atoms with Crippen molar-refractivity contribution in [2.75, 3.05) is 37.7 Å². The van der Waals surface area contributed by atoms with Crippen LogP contribution < -0.4 is 26.2 Å². The molecule has 1 saturated heterocycles. The minimum atomic E-state index is -0.933. The SMILES string of the molecule is Cn1c(=O)c2c(nc(N3CCNCC3)n2CC(O)COc2ccccc2Cl)n(C)c1=O. The van der Waals surface area contributed by atoms with Crippen molar-refractivity contribution in [3.05, 3.63) is 50.1 Å². The number of aliphatic hydroxyl groups is 1. The van der Waals surface area contributed by atoms with E-state index < -0.39 is 17.4 Å². The highest BCUT2D eigenvalue weighted by Gasteiger charge is 2.25. The first-order chi connectivity index (χ1) is 14.9. The Morgan fingerprint density at radius 2 is 1.90 bits per heavy atom. The highest BCUT2D eigenvalue weighted by atomic mass is 35.5. The van der Waals surface area contributed by atoms with Gasteiger partial charge < -0.3 is 24.6 Å². The molecule has 0 aliphatic carbocycles. The van der Waals surface area contributed by atoms with Gasteiger partial charge in [-0.2, -0.15) is 4.98 Å². The summed E-state index contributed by atoms with van der Waals surface area (Å²) in [6, 6.07) is 7.02. The number of hydrogen-bond acceptors (Lipinski definition) is 7. The zero-order valence-corrected chi connectivity index (χ0v) is 18.2. The third-order valence-corrected chi connectivity index (χ3v) is 5.70. The number of piperazine rings is 1. The van der Waals surface area contributed by atoms with Gasteiger partial charge in [0.2, 0.25) is 5.95 Å². The molecule has 0 bridgehead atoms. The number of aromatic nitrogens is 4. The van der Waals surface area contributed by atoms with Crippen LogP contribution >= 0.6 is 11.6 Å². The van der Waals surface area contributed by atoms with Gasteiger partial charge in [0, 0.05) is 40.3 Å². The highest BCUT2D eigenvalue weighted by Crippen LogP contribution is 2.24. The summed E-state index contributed by atoms with van der Waals surface area (Å²) in [4.78, 5) is 32.0. The molecule has 3 aromatic rings. The molecule has 1 aliphatic heterocycles. The predicted octanol–water partition coefficient (Wildman–Crippen LogP) is -0.0634. The van der Waals surface area contributed by atoms with E-state index >= 15 is 0 Å². The van der Waals surface area contributed by atoms with Crippen LogP contribution in [0.25, 0.3) is 11.2 Å². The number of aryl methyl sites for hydroxylation is 1. The molecule has 31 heavy (non-hydrogen) atoms. The van der Waals surface area contributed by atoms with Crippen LogP contribution in [0.2, 0.25) is 5.02 Å². The number of anilines is 1. The van der Waals surface area contributed by atoms with E-state index in [1.54, 1.807) is 35.9 Å². The average Bonchev–Trinajstić information content (AvgIpc) is 3.15. The fourth-order valence-electron chi connectivity index (χ4n) is 3.73. The maximum Gasteiger partial charge on any atom is 0.332 e. The number of hydrogen-bond donors (Lipinski definition) is 2. The fraction of sp³-hybridized carbons (Fsp3) is 0.450. The lowest BCUT2D eigenvalue weighted by Gasteiger charge is -2.29. The van der Waals surface area contributed by atoms with Gasteiger partial charge in [-0.25, -0.2) is 4.79 Å². The zero-order valence-electron chi connectivity index (χ0n) is 17.4. The molecule has 1 unspecified atom stereocenters. The molecule has 1 aromatic carbocycles. The Labute approximate surface area is 183 Å². The average molecular weight is 449 g/mol. The van der Waals surface area contributed by atoms with Crippen molar-refractivity contribution in [1.82, 2.24) is 24.0 Å². The van der Waals surface area contributed by atoms with Gasteiger partial charge in [-0.05, 0) is 12.1 Å². The number of ether oxygens (including phenoxy) is 1. The van der Waals surface area contributed by atoms with Gasteiger partial charge in [0.1, 0.15) is 18.5 Å². The largest absolute Gasteiger partial charge is 0.489 e. The Bertz CT molecular complexity index is 1210. The number of nitrogens with zero attached hydrogens (tertiary/aromatic N) is 5. The van der Waals surface area contributed by atoms with E-state index in [0.717, 1.165) is 17.7 Å². The molecule has 11 heteroatoms. The lowest BCUT2D eigenvalue weighted by atomic mass is 10.3. The van der Waals surface area contributed by atoms with Crippen molar-refractivity contribution < 1.29 is 9.84 Å². The molecule has 1 aliphatic rings. The van der Waals surface area contributed by atoms with Crippen molar-refractivity contribution in [2.24, 2.45) is 14.1 Å². The molecular formula is C20H25ClN6O4. The van der Waals surface area contributed by atoms with E-state index in [4.69, 9.17) is 16.3 Å². The third kappa shape index (κ3) is 4.06. The van der Waals surface area contributed by atoms with Crippen LogP contribution in [-0.4, -0.2) is 62.7 Å². The number of imidazole rings is 1. The van der Waals surface area contributed by atoms with Gasteiger partial charge >= 0.3 is 5.69 Å². The molecule has 3 heterocycles. The summed E-state index contributed by atoms with van der Waals surface area (Å²) < 4.78 is 9.75. The highest BCUT2D eigenvalue weighted by molar-refractivity contribution is 6.32. The van der Waals surface area contributed by atoms with Crippen molar-refractivity contribution >= 4 is 28.7 Å². The zero-order chi connectivity index (χ0) is 22.1. The minimum Gasteiger partial charge on any atom is -0.489 e. The van der Waals surface area contributed by atoms with Crippen molar-refractivity contribution in [3.8, 4) is 5.75 Å². The second kappa shape index (κ2) is 8.74. The molecule has 0 saturated carbocycles. The van der Waals surface area contributed by atoms with E-state index in [-0.39, 0.29) is 18.7 Å². The molecule has 2 N–H and O–H groups in total. The van der Waals surface area contributed by atoms with Crippen LogP contribution in [0.4, 0.5) is 5.95 Å². The number of rotatable bonds is 6. The molecule has 0 spiro atoms. The number of halogens is 1. The van der Waals surface area contributed by atoms with Crippen LogP contribution in [-0.2, 0) is 20.6 Å². The smallest absolute Gasteiger partial charge is 0.332 e. The molecule has 1 fully saturated rings. The Balaban J connectivity index is 1.71. The van der Waals surface area contributed by atoms with E-state index in [1.807, 2.05) is 4.90 Å². The van der Waals surface area contributed by atoms with E-state index in [2.05, 4.69) is 10.3 Å². The second-order valence-electron chi connectivity index (χ2n) is 7.53. The summed E-state index contributed by atoms with van der Waals surface area (Å²) in [6.45, 7) is 3.01. The number of fused-ring (bicyclic) bond motifs is 1. The summed E-state index contributed by atoms with van der Waals surface area (Å²) >= 11 is 6.11. The Morgan fingerprint density at radius 3 is 2.61 bits per heavy atom. The molecule has 1 atom stereocenters. The van der Waals surface area contributed by atoms with Gasteiger partial charge in [0.15, 0.2) is 11.2 Å². The first-order valence-electron chi connectivity index (χ1n) is 10.1. The van der Waals surface area contributed by atoms with Crippen LogP contribution in [0.15, 0.2) is 33.9 Å². The number of benzene rings is 1. The fourth-order valence-corrected chi connectivity index (χ4v) is 3.92. The van der Waals surface area contributed by atoms with Crippen LogP contribution in [0.5, 0.6) is 5.75 Å². The van der Waals surface area contributed by atoms with Gasteiger partial charge in [-0.1, -0.05) is 23.7 Å². The van der Waals surface area contributed by atoms with Crippen molar-refractivity contribution in [3.63, 3.8) is 0 Å². The van der Waals surface area contributed by atoms with Gasteiger partial charge in [-0.3, -0.25) is 13.9 Å². The van der Waals surface area contributed by atoms with E-state index in [0.29, 0.717) is 35.5 Å². The van der Waals surface area contributed by atoms with Crippen LogP contribution in [0.1, 0.15) is 0 Å². The Kier molecular flexibility index (Phi) is 6.03. The molecule has 0 radical (unpaired) electrons. The third-order valence-electron chi connectivity index (χ3n) is 5.39. The standard InChI is InChI=1S/C20H25ClN6O4/c1-24-17-16(18(29)25(2)20(24)30)27(19(23-17)26-9-7-22-8-10-26)11-13(28)12-31-15-6-4-3-5-14(15)21/h3-6,13,22,28H,7-12H2,1-2H3. The first kappa shape index (κ1) is 21.4. The number of aliphatic hydroxyl groups excluding tert-OH is 1. The van der Waals surface area contributed by atoms with Crippen molar-refractivity contribution in [1.29, 1.82) is 0 Å². The topological polar surface area (TPSA) is 107 Å². The molecule has 4 rings (SSSR count). The van der Waals surface area contributed by atoms with Gasteiger partial charge in [0.25, 0.3) is 5.56 Å². The Hall–Kier alpha value is -2.82. The predicted molar refractivity (Wildman–Crippen MR) is 118 cm³/mol. The number of para-hydroxylation sites is 1. The summed E-state index contributed by atoms with van der Waals surface area (Å²) in [5, 5.41) is 14.4. The van der Waals surface area contributed by atoms with E-state index in [1.165, 1.54) is 11.6 Å². The van der Waals surface area contributed by atoms with Crippen LogP contribution in [0, 0.1) is 0 Å². The summed E-state index contributed by atoms with van der Waals surface area (Å²) in [7, 11) is 3.02. The molecule has 0 amide bonds. The van der Waals surface area contributed by atoms with E-state index in [9.17, 15) is 14.7 Å².